The fraction of sp³-hybridized carbons (Fsp3) is 0.857. The van der Waals surface area contributed by atoms with Gasteiger partial charge in [0.1, 0.15) is 5.78 Å². The first kappa shape index (κ1) is 16.2. The van der Waals surface area contributed by atoms with Crippen LogP contribution in [0.5, 0.6) is 0 Å². The molecule has 0 N–H and O–H groups in total. The number of hydrogen-bond donors (Lipinski definition) is 0. The van der Waals surface area contributed by atoms with Crippen LogP contribution in [0.15, 0.2) is 0 Å². The van der Waals surface area contributed by atoms with Crippen LogP contribution in [0.1, 0.15) is 34.1 Å². The van der Waals surface area contributed by atoms with E-state index in [9.17, 15) is 4.79 Å². The first-order valence-corrected chi connectivity index (χ1v) is 8.20. The largest absolute Gasteiger partial charge is 0.479 e. The number of Topliss-reactive ketones (excluding diaryl/α,β-unsaturated/α-hetero) is 1. The molecule has 0 bridgehead atoms. The minimum atomic E-state index is -0.646. The van der Waals surface area contributed by atoms with E-state index in [1.165, 1.54) is 11.8 Å². The Morgan fingerprint density at radius 1 is 1.40 bits per heavy atom. The summed E-state index contributed by atoms with van der Waals surface area (Å²) in [5, 5.41) is 0.0570. The predicted octanol–water partition coefficient (Wildman–Crippen LogP) is 2.79. The number of ether oxygens (including phenoxy) is 3. The molecular weight excluding hydrogens is 296 g/mol. The van der Waals surface area contributed by atoms with E-state index >= 15 is 0 Å². The molecule has 20 heavy (non-hydrogen) atoms. The van der Waals surface area contributed by atoms with E-state index in [4.69, 9.17) is 26.4 Å². The highest BCUT2D eigenvalue weighted by atomic mass is 32.2. The summed E-state index contributed by atoms with van der Waals surface area (Å²) >= 11 is 6.63. The van der Waals surface area contributed by atoms with Crippen LogP contribution in [-0.2, 0) is 19.0 Å². The predicted molar refractivity (Wildman–Crippen MR) is 82.8 cm³/mol. The summed E-state index contributed by atoms with van der Waals surface area (Å²) < 4.78 is 17.8. The number of carbonyl (C=O) groups excluding carboxylic acids is 1. The maximum absolute atomic E-state index is 11.4. The Morgan fingerprint density at radius 2 is 2.00 bits per heavy atom. The number of rotatable bonds is 4. The molecule has 1 saturated carbocycles. The summed E-state index contributed by atoms with van der Waals surface area (Å²) in [6.45, 7) is 9.54. The number of thioether (sulfide) groups is 1. The van der Waals surface area contributed by atoms with Crippen LogP contribution in [0.2, 0.25) is 0 Å². The lowest BCUT2D eigenvalue weighted by Crippen LogP contribution is -2.41. The van der Waals surface area contributed by atoms with Gasteiger partial charge in [0, 0.05) is 17.8 Å². The quantitative estimate of drug-likeness (QED) is 0.743. The van der Waals surface area contributed by atoms with Crippen molar-refractivity contribution in [3.05, 3.63) is 0 Å². The highest BCUT2D eigenvalue weighted by molar-refractivity contribution is 8.23. The van der Waals surface area contributed by atoms with Gasteiger partial charge in [-0.05, 0) is 26.1 Å². The molecule has 2 fully saturated rings. The molecule has 0 aromatic heterocycles. The Bertz CT molecular complexity index is 398. The Kier molecular flexibility index (Phi) is 4.79. The van der Waals surface area contributed by atoms with Gasteiger partial charge in [-0.3, -0.25) is 0 Å². The molecule has 1 heterocycles. The molecule has 0 radical (unpaired) electrons. The van der Waals surface area contributed by atoms with Crippen molar-refractivity contribution in [3.63, 3.8) is 0 Å². The molecule has 1 aliphatic carbocycles. The third-order valence-corrected chi connectivity index (χ3v) is 5.17. The van der Waals surface area contributed by atoms with Gasteiger partial charge in [-0.2, -0.15) is 0 Å². The topological polar surface area (TPSA) is 44.8 Å². The van der Waals surface area contributed by atoms with E-state index in [2.05, 4.69) is 13.8 Å². The fourth-order valence-corrected chi connectivity index (χ4v) is 4.10. The molecule has 114 valence electrons. The minimum Gasteiger partial charge on any atom is -0.479 e. The first-order chi connectivity index (χ1) is 9.31. The van der Waals surface area contributed by atoms with E-state index in [-0.39, 0.29) is 22.4 Å². The molecule has 0 amide bonds. The molecule has 1 aliphatic heterocycles. The third kappa shape index (κ3) is 3.35. The van der Waals surface area contributed by atoms with Crippen molar-refractivity contribution in [1.82, 2.24) is 0 Å². The van der Waals surface area contributed by atoms with E-state index in [0.29, 0.717) is 30.6 Å². The molecule has 6 heteroatoms. The van der Waals surface area contributed by atoms with Crippen LogP contribution in [0.3, 0.4) is 0 Å². The van der Waals surface area contributed by atoms with Gasteiger partial charge in [0.15, 0.2) is 5.79 Å². The van der Waals surface area contributed by atoms with Crippen molar-refractivity contribution in [2.45, 2.75) is 45.2 Å². The second-order valence-corrected chi connectivity index (χ2v) is 7.94. The molecule has 4 nitrogen and oxygen atoms in total. The van der Waals surface area contributed by atoms with Crippen molar-refractivity contribution >= 4 is 34.1 Å². The van der Waals surface area contributed by atoms with Crippen LogP contribution < -0.4 is 0 Å². The molecule has 0 unspecified atom stereocenters. The standard InChI is InChI=1S/C14H22O4S2/c1-5-16-12(19)20-11-10(6-9(2)15)14(11)17-7-13(3,4)8-18-14/h10-11H,5-8H2,1-4H3/t10-,11-/m0/s1. The molecule has 0 aromatic carbocycles. The lowest BCUT2D eigenvalue weighted by molar-refractivity contribution is -0.249. The van der Waals surface area contributed by atoms with E-state index < -0.39 is 5.79 Å². The zero-order valence-corrected chi connectivity index (χ0v) is 14.1. The number of ketones is 1. The van der Waals surface area contributed by atoms with Gasteiger partial charge in [-0.25, -0.2) is 0 Å². The summed E-state index contributed by atoms with van der Waals surface area (Å²) in [6, 6.07) is 0. The lowest BCUT2D eigenvalue weighted by Gasteiger charge is -2.36. The maximum Gasteiger partial charge on any atom is 0.220 e. The second-order valence-electron chi connectivity index (χ2n) is 6.20. The van der Waals surface area contributed by atoms with Crippen molar-refractivity contribution < 1.29 is 19.0 Å². The molecule has 2 rings (SSSR count). The van der Waals surface area contributed by atoms with Gasteiger partial charge < -0.3 is 19.0 Å². The molecular formula is C14H22O4S2. The normalized spacial score (nSPS) is 30.0. The van der Waals surface area contributed by atoms with Gasteiger partial charge >= 0.3 is 0 Å². The zero-order valence-electron chi connectivity index (χ0n) is 12.4. The SMILES string of the molecule is CCOC(=S)S[C@H]1[C@H](CC(C)=O)C12OCC(C)(C)CO2. The van der Waals surface area contributed by atoms with Crippen LogP contribution >= 0.6 is 24.0 Å². The van der Waals surface area contributed by atoms with Crippen LogP contribution in [-0.4, -0.2) is 41.0 Å². The molecule has 1 spiro atoms. The van der Waals surface area contributed by atoms with E-state index in [1.54, 1.807) is 6.92 Å². The smallest absolute Gasteiger partial charge is 0.220 e. The number of carbonyl (C=O) groups is 1. The summed E-state index contributed by atoms with van der Waals surface area (Å²) in [4.78, 5) is 11.4. The van der Waals surface area contributed by atoms with Gasteiger partial charge in [-0.1, -0.05) is 25.6 Å². The average molecular weight is 318 g/mol. The van der Waals surface area contributed by atoms with Crippen molar-refractivity contribution in [2.75, 3.05) is 19.8 Å². The van der Waals surface area contributed by atoms with E-state index in [1.807, 2.05) is 6.92 Å². The van der Waals surface area contributed by atoms with Gasteiger partial charge in [0.05, 0.1) is 25.1 Å². The molecule has 2 atom stereocenters. The van der Waals surface area contributed by atoms with Crippen molar-refractivity contribution in [1.29, 1.82) is 0 Å². The third-order valence-electron chi connectivity index (χ3n) is 3.54. The highest BCUT2D eigenvalue weighted by Crippen LogP contribution is 2.59. The maximum atomic E-state index is 11.4. The molecule has 0 aromatic rings. The van der Waals surface area contributed by atoms with Gasteiger partial charge in [-0.15, -0.1) is 0 Å². The van der Waals surface area contributed by atoms with Crippen molar-refractivity contribution in [2.24, 2.45) is 11.3 Å². The summed E-state index contributed by atoms with van der Waals surface area (Å²) in [5.74, 6) is -0.427. The van der Waals surface area contributed by atoms with Crippen LogP contribution in [0.4, 0.5) is 0 Å². The van der Waals surface area contributed by atoms with Gasteiger partial charge in [0.2, 0.25) is 4.38 Å². The summed E-state index contributed by atoms with van der Waals surface area (Å²) in [6.07, 6.45) is 0.465. The number of hydrogen-bond acceptors (Lipinski definition) is 6. The Morgan fingerprint density at radius 3 is 2.50 bits per heavy atom. The first-order valence-electron chi connectivity index (χ1n) is 6.91. The molecule has 1 saturated heterocycles. The average Bonchev–Trinajstić information content (AvgIpc) is 2.90. The Balaban J connectivity index is 2.02. The molecule has 2 aliphatic rings. The Labute approximate surface area is 129 Å². The summed E-state index contributed by atoms with van der Waals surface area (Å²) in [7, 11) is 0. The minimum absolute atomic E-state index is 0.0181. The lowest BCUT2D eigenvalue weighted by atomic mass is 9.95. The Hall–Kier alpha value is -0.170. The van der Waals surface area contributed by atoms with Crippen LogP contribution in [0, 0.1) is 11.3 Å². The van der Waals surface area contributed by atoms with Crippen molar-refractivity contribution in [3.8, 4) is 0 Å². The number of thiocarbonyl (C=S) groups is 1. The van der Waals surface area contributed by atoms with Gasteiger partial charge in [0.25, 0.3) is 0 Å². The van der Waals surface area contributed by atoms with E-state index in [0.717, 1.165) is 0 Å². The zero-order chi connectivity index (χ0) is 15.0. The monoisotopic (exact) mass is 318 g/mol. The summed E-state index contributed by atoms with van der Waals surface area (Å²) in [5.41, 5.74) is 0.0181. The highest BCUT2D eigenvalue weighted by Gasteiger charge is 2.70. The second kappa shape index (κ2) is 5.91. The fourth-order valence-electron chi connectivity index (χ4n) is 2.43. The van der Waals surface area contributed by atoms with Crippen LogP contribution in [0.25, 0.3) is 0 Å².